The summed E-state index contributed by atoms with van der Waals surface area (Å²) in [5, 5.41) is 0. The smallest absolute Gasteiger partial charge is 0.255 e. The van der Waals surface area contributed by atoms with Crippen molar-refractivity contribution >= 4 is 5.95 Å². The van der Waals surface area contributed by atoms with Crippen LogP contribution in [0.2, 0.25) is 0 Å². The number of rotatable bonds is 3. The van der Waals surface area contributed by atoms with Crippen molar-refractivity contribution in [3.8, 4) is 0 Å². The third kappa shape index (κ3) is 3.22. The molecule has 0 bridgehead atoms. The molecule has 2 fully saturated rings. The molecular weight excluding hydrogens is 304 g/mol. The van der Waals surface area contributed by atoms with Crippen LogP contribution in [0.5, 0.6) is 0 Å². The molecule has 1 aromatic heterocycles. The molecule has 1 N–H and O–H groups in total. The monoisotopic (exact) mass is 332 g/mol. The van der Waals surface area contributed by atoms with Gasteiger partial charge in [-0.25, -0.2) is 4.98 Å². The van der Waals surface area contributed by atoms with Gasteiger partial charge in [0, 0.05) is 44.4 Å². The molecule has 132 valence electrons. The summed E-state index contributed by atoms with van der Waals surface area (Å²) < 4.78 is 5.49. The van der Waals surface area contributed by atoms with Crippen molar-refractivity contribution in [2.24, 2.45) is 5.92 Å². The van der Waals surface area contributed by atoms with Crippen LogP contribution in [0.4, 0.5) is 5.95 Å². The van der Waals surface area contributed by atoms with Crippen LogP contribution in [0.1, 0.15) is 43.9 Å². The van der Waals surface area contributed by atoms with E-state index < -0.39 is 0 Å². The molecule has 0 aliphatic carbocycles. The van der Waals surface area contributed by atoms with E-state index in [0.29, 0.717) is 12.0 Å². The van der Waals surface area contributed by atoms with E-state index in [1.807, 2.05) is 0 Å². The summed E-state index contributed by atoms with van der Waals surface area (Å²) >= 11 is 0. The SMILES string of the molecule is C[C@H]1CCCCN1c1nc2c(c(=O)[nH]1)CCN(C[C@H]1CCOC1)C2. The molecule has 0 unspecified atom stereocenters. The minimum absolute atomic E-state index is 0.0663. The quantitative estimate of drug-likeness (QED) is 0.910. The van der Waals surface area contributed by atoms with E-state index in [4.69, 9.17) is 9.72 Å². The Bertz CT molecular complexity index is 638. The number of ether oxygens (including phenoxy) is 1. The Morgan fingerprint density at radius 3 is 3.00 bits per heavy atom. The van der Waals surface area contributed by atoms with E-state index >= 15 is 0 Å². The molecule has 6 heteroatoms. The number of piperidine rings is 1. The van der Waals surface area contributed by atoms with Gasteiger partial charge < -0.3 is 9.64 Å². The van der Waals surface area contributed by atoms with E-state index in [2.05, 4.69) is 21.7 Å². The molecule has 24 heavy (non-hydrogen) atoms. The van der Waals surface area contributed by atoms with Crippen molar-refractivity contribution in [2.75, 3.05) is 37.7 Å². The molecule has 3 aliphatic heterocycles. The van der Waals surface area contributed by atoms with E-state index in [1.54, 1.807) is 0 Å². The predicted octanol–water partition coefficient (Wildman–Crippen LogP) is 1.54. The van der Waals surface area contributed by atoms with E-state index in [1.165, 1.54) is 19.3 Å². The second-order valence-corrected chi connectivity index (χ2v) is 7.57. The molecule has 3 aliphatic rings. The van der Waals surface area contributed by atoms with Crippen LogP contribution in [0, 0.1) is 5.92 Å². The fraction of sp³-hybridized carbons (Fsp3) is 0.778. The minimum Gasteiger partial charge on any atom is -0.381 e. The molecule has 0 radical (unpaired) electrons. The van der Waals surface area contributed by atoms with Crippen LogP contribution in [0.3, 0.4) is 0 Å². The van der Waals surface area contributed by atoms with Crippen molar-refractivity contribution in [1.82, 2.24) is 14.9 Å². The van der Waals surface area contributed by atoms with Crippen LogP contribution in [-0.4, -0.2) is 53.8 Å². The molecule has 0 saturated carbocycles. The summed E-state index contributed by atoms with van der Waals surface area (Å²) in [6.45, 7) is 7.80. The normalized spacial score (nSPS) is 28.1. The molecule has 4 rings (SSSR count). The van der Waals surface area contributed by atoms with Gasteiger partial charge in [0.15, 0.2) is 0 Å². The van der Waals surface area contributed by atoms with Gasteiger partial charge in [0.2, 0.25) is 5.95 Å². The lowest BCUT2D eigenvalue weighted by molar-refractivity contribution is 0.161. The van der Waals surface area contributed by atoms with Crippen molar-refractivity contribution in [3.63, 3.8) is 0 Å². The Morgan fingerprint density at radius 2 is 2.21 bits per heavy atom. The van der Waals surface area contributed by atoms with E-state index in [0.717, 1.165) is 69.4 Å². The van der Waals surface area contributed by atoms with Crippen LogP contribution in [-0.2, 0) is 17.7 Å². The average molecular weight is 332 g/mol. The zero-order valence-corrected chi connectivity index (χ0v) is 14.6. The zero-order chi connectivity index (χ0) is 16.5. The molecule has 2 atom stereocenters. The van der Waals surface area contributed by atoms with E-state index in [-0.39, 0.29) is 5.56 Å². The van der Waals surface area contributed by atoms with Crippen LogP contribution in [0.25, 0.3) is 0 Å². The molecule has 2 saturated heterocycles. The summed E-state index contributed by atoms with van der Waals surface area (Å²) in [7, 11) is 0. The Morgan fingerprint density at radius 1 is 1.29 bits per heavy atom. The van der Waals surface area contributed by atoms with Gasteiger partial charge in [-0.1, -0.05) is 0 Å². The third-order valence-electron chi connectivity index (χ3n) is 5.76. The van der Waals surface area contributed by atoms with Gasteiger partial charge in [0.05, 0.1) is 12.3 Å². The topological polar surface area (TPSA) is 61.5 Å². The molecule has 6 nitrogen and oxygen atoms in total. The van der Waals surface area contributed by atoms with Crippen molar-refractivity contribution in [2.45, 2.75) is 51.6 Å². The van der Waals surface area contributed by atoms with Gasteiger partial charge in [-0.2, -0.15) is 0 Å². The summed E-state index contributed by atoms with van der Waals surface area (Å²) in [5.41, 5.74) is 1.94. The maximum Gasteiger partial charge on any atom is 0.255 e. The number of hydrogen-bond acceptors (Lipinski definition) is 5. The molecular formula is C18H28N4O2. The Labute approximate surface area is 143 Å². The van der Waals surface area contributed by atoms with E-state index in [9.17, 15) is 4.79 Å². The van der Waals surface area contributed by atoms with Crippen LogP contribution >= 0.6 is 0 Å². The number of anilines is 1. The number of aromatic amines is 1. The summed E-state index contributed by atoms with van der Waals surface area (Å²) in [5.74, 6) is 1.41. The zero-order valence-electron chi connectivity index (χ0n) is 14.6. The fourth-order valence-corrected chi connectivity index (χ4v) is 4.28. The maximum atomic E-state index is 12.5. The first-order valence-electron chi connectivity index (χ1n) is 9.39. The predicted molar refractivity (Wildman–Crippen MR) is 93.4 cm³/mol. The van der Waals surface area contributed by atoms with Gasteiger partial charge in [-0.05, 0) is 44.9 Å². The third-order valence-corrected chi connectivity index (χ3v) is 5.76. The Kier molecular flexibility index (Phi) is 4.59. The standard InChI is InChI=1S/C18H28N4O2/c1-13-4-2-3-7-22(13)18-19-16-11-21(10-14-6-9-24-12-14)8-5-15(16)17(23)20-18/h13-14H,2-12H2,1H3,(H,19,20,23)/t13-,14+/m0/s1. The highest BCUT2D eigenvalue weighted by atomic mass is 16.5. The summed E-state index contributed by atoms with van der Waals surface area (Å²) in [6, 6.07) is 0.454. The lowest BCUT2D eigenvalue weighted by atomic mass is 10.0. The largest absolute Gasteiger partial charge is 0.381 e. The molecule has 0 amide bonds. The number of fused-ring (bicyclic) bond motifs is 1. The van der Waals surface area contributed by atoms with Gasteiger partial charge in [0.1, 0.15) is 0 Å². The second kappa shape index (κ2) is 6.84. The lowest BCUT2D eigenvalue weighted by Crippen LogP contribution is -2.42. The average Bonchev–Trinajstić information content (AvgIpc) is 3.08. The van der Waals surface area contributed by atoms with Gasteiger partial charge in [-0.3, -0.25) is 14.7 Å². The highest BCUT2D eigenvalue weighted by molar-refractivity contribution is 5.36. The Balaban J connectivity index is 1.53. The number of nitrogens with zero attached hydrogens (tertiary/aromatic N) is 3. The van der Waals surface area contributed by atoms with Gasteiger partial charge >= 0.3 is 0 Å². The molecule has 4 heterocycles. The maximum absolute atomic E-state index is 12.5. The van der Waals surface area contributed by atoms with Crippen LogP contribution < -0.4 is 10.5 Å². The highest BCUT2D eigenvalue weighted by Crippen LogP contribution is 2.24. The number of H-pyrrole nitrogens is 1. The van der Waals surface area contributed by atoms with Crippen molar-refractivity contribution in [3.05, 3.63) is 21.6 Å². The highest BCUT2D eigenvalue weighted by Gasteiger charge is 2.27. The first kappa shape index (κ1) is 16.1. The second-order valence-electron chi connectivity index (χ2n) is 7.57. The fourth-order valence-electron chi connectivity index (χ4n) is 4.28. The molecule has 0 aromatic carbocycles. The number of aromatic nitrogens is 2. The summed E-state index contributed by atoms with van der Waals surface area (Å²) in [4.78, 5) is 25.2. The first-order valence-corrected chi connectivity index (χ1v) is 9.39. The number of hydrogen-bond donors (Lipinski definition) is 1. The van der Waals surface area contributed by atoms with Crippen LogP contribution in [0.15, 0.2) is 4.79 Å². The number of nitrogens with one attached hydrogen (secondary N) is 1. The van der Waals surface area contributed by atoms with Crippen molar-refractivity contribution in [1.29, 1.82) is 0 Å². The molecule has 1 aromatic rings. The molecule has 0 spiro atoms. The first-order chi connectivity index (χ1) is 11.7. The Hall–Kier alpha value is -1.40. The summed E-state index contributed by atoms with van der Waals surface area (Å²) in [6.07, 6.45) is 5.58. The van der Waals surface area contributed by atoms with Gasteiger partial charge in [-0.15, -0.1) is 0 Å². The lowest BCUT2D eigenvalue weighted by Gasteiger charge is -2.35. The van der Waals surface area contributed by atoms with Gasteiger partial charge in [0.25, 0.3) is 5.56 Å². The van der Waals surface area contributed by atoms with Crippen molar-refractivity contribution < 1.29 is 4.74 Å². The minimum atomic E-state index is 0.0663.